The first kappa shape index (κ1) is 16.4. The van der Waals surface area contributed by atoms with Crippen molar-refractivity contribution in [1.29, 1.82) is 0 Å². The molecule has 0 saturated carbocycles. The summed E-state index contributed by atoms with van der Waals surface area (Å²) in [6.45, 7) is 8.66. The van der Waals surface area contributed by atoms with Crippen LogP contribution >= 0.6 is 0 Å². The monoisotopic (exact) mass is 245 g/mol. The molecule has 0 aromatic carbocycles. The Bertz CT molecular complexity index is 227. The molecular formula is C13H27NO3. The van der Waals surface area contributed by atoms with E-state index in [0.717, 1.165) is 19.3 Å². The van der Waals surface area contributed by atoms with Crippen LogP contribution in [0.2, 0.25) is 0 Å². The molecule has 0 aromatic rings. The van der Waals surface area contributed by atoms with Crippen molar-refractivity contribution in [3.8, 4) is 0 Å². The molecule has 0 aromatic heterocycles. The molecule has 0 aliphatic rings. The molecule has 0 fully saturated rings. The minimum absolute atomic E-state index is 0.277. The topological polar surface area (TPSA) is 72.5 Å². The molecule has 0 aliphatic heterocycles. The first-order chi connectivity index (χ1) is 7.75. The number of hydrogen-bond acceptors (Lipinski definition) is 3. The number of hydrogen-bond donors (Lipinski definition) is 2. The fraction of sp³-hybridized carbons (Fsp3) is 0.923. The SMILES string of the molecule is CC(C)CC(C)OCCCCC(C)(N)C(=O)O. The van der Waals surface area contributed by atoms with E-state index >= 15 is 0 Å². The number of carboxylic acids is 1. The highest BCUT2D eigenvalue weighted by atomic mass is 16.5. The number of carboxylic acid groups (broad SMARTS) is 1. The first-order valence-corrected chi connectivity index (χ1v) is 6.39. The Morgan fingerprint density at radius 1 is 1.35 bits per heavy atom. The quantitative estimate of drug-likeness (QED) is 0.612. The minimum Gasteiger partial charge on any atom is -0.480 e. The van der Waals surface area contributed by atoms with Gasteiger partial charge in [0.05, 0.1) is 6.10 Å². The largest absolute Gasteiger partial charge is 0.480 e. The van der Waals surface area contributed by atoms with Gasteiger partial charge in [0, 0.05) is 6.61 Å². The Kier molecular flexibility index (Phi) is 7.39. The van der Waals surface area contributed by atoms with E-state index in [0.29, 0.717) is 18.9 Å². The van der Waals surface area contributed by atoms with Gasteiger partial charge in [0.15, 0.2) is 0 Å². The van der Waals surface area contributed by atoms with Crippen LogP contribution in [0.3, 0.4) is 0 Å². The van der Waals surface area contributed by atoms with Crippen molar-refractivity contribution in [3.05, 3.63) is 0 Å². The minimum atomic E-state index is -1.11. The van der Waals surface area contributed by atoms with Gasteiger partial charge in [0.2, 0.25) is 0 Å². The van der Waals surface area contributed by atoms with Gasteiger partial charge in [0.25, 0.3) is 0 Å². The molecule has 3 N–H and O–H groups in total. The van der Waals surface area contributed by atoms with Crippen molar-refractivity contribution in [1.82, 2.24) is 0 Å². The highest BCUT2D eigenvalue weighted by molar-refractivity contribution is 5.77. The maximum absolute atomic E-state index is 10.8. The van der Waals surface area contributed by atoms with Crippen molar-refractivity contribution in [3.63, 3.8) is 0 Å². The summed E-state index contributed by atoms with van der Waals surface area (Å²) in [4.78, 5) is 10.8. The molecule has 2 atom stereocenters. The van der Waals surface area contributed by atoms with Crippen LogP contribution in [0.15, 0.2) is 0 Å². The summed E-state index contributed by atoms with van der Waals surface area (Å²) < 4.78 is 5.64. The Morgan fingerprint density at radius 3 is 2.41 bits per heavy atom. The predicted molar refractivity (Wildman–Crippen MR) is 68.9 cm³/mol. The van der Waals surface area contributed by atoms with Gasteiger partial charge in [0.1, 0.15) is 5.54 Å². The molecule has 0 bridgehead atoms. The normalized spacial score (nSPS) is 16.8. The Morgan fingerprint density at radius 2 is 1.94 bits per heavy atom. The third-order valence-electron chi connectivity index (χ3n) is 2.78. The zero-order valence-electron chi connectivity index (χ0n) is 11.5. The number of unbranched alkanes of at least 4 members (excludes halogenated alkanes) is 1. The van der Waals surface area contributed by atoms with Crippen molar-refractivity contribution < 1.29 is 14.6 Å². The molecule has 17 heavy (non-hydrogen) atoms. The van der Waals surface area contributed by atoms with Crippen molar-refractivity contribution >= 4 is 5.97 Å². The molecule has 0 amide bonds. The maximum Gasteiger partial charge on any atom is 0.323 e. The summed E-state index contributed by atoms with van der Waals surface area (Å²) in [6, 6.07) is 0. The third-order valence-corrected chi connectivity index (χ3v) is 2.78. The van der Waals surface area contributed by atoms with E-state index in [1.165, 1.54) is 0 Å². The van der Waals surface area contributed by atoms with Crippen LogP contribution in [-0.4, -0.2) is 29.3 Å². The van der Waals surface area contributed by atoms with E-state index in [4.69, 9.17) is 15.6 Å². The van der Waals surface area contributed by atoms with E-state index in [2.05, 4.69) is 20.8 Å². The summed E-state index contributed by atoms with van der Waals surface area (Å²) in [7, 11) is 0. The van der Waals surface area contributed by atoms with Crippen molar-refractivity contribution in [2.24, 2.45) is 11.7 Å². The van der Waals surface area contributed by atoms with Gasteiger partial charge >= 0.3 is 5.97 Å². The lowest BCUT2D eigenvalue weighted by atomic mass is 9.96. The van der Waals surface area contributed by atoms with E-state index in [-0.39, 0.29) is 6.10 Å². The zero-order valence-corrected chi connectivity index (χ0v) is 11.5. The van der Waals surface area contributed by atoms with Crippen LogP contribution in [0, 0.1) is 5.92 Å². The van der Waals surface area contributed by atoms with Gasteiger partial charge in [-0.1, -0.05) is 13.8 Å². The summed E-state index contributed by atoms with van der Waals surface area (Å²) in [5, 5.41) is 8.83. The van der Waals surface area contributed by atoms with Gasteiger partial charge in [-0.05, 0) is 45.4 Å². The molecule has 0 radical (unpaired) electrons. The number of aliphatic carboxylic acids is 1. The number of ether oxygens (including phenoxy) is 1. The lowest BCUT2D eigenvalue weighted by Crippen LogP contribution is -2.44. The van der Waals surface area contributed by atoms with Crippen LogP contribution in [0.1, 0.15) is 53.4 Å². The van der Waals surface area contributed by atoms with E-state index in [9.17, 15) is 4.79 Å². The second-order valence-corrected chi connectivity index (χ2v) is 5.49. The number of nitrogens with two attached hydrogens (primary N) is 1. The fourth-order valence-electron chi connectivity index (χ4n) is 1.72. The van der Waals surface area contributed by atoms with Crippen molar-refractivity contribution in [2.75, 3.05) is 6.61 Å². The second-order valence-electron chi connectivity index (χ2n) is 5.49. The van der Waals surface area contributed by atoms with E-state index in [1.54, 1.807) is 6.92 Å². The predicted octanol–water partition coefficient (Wildman–Crippen LogP) is 2.41. The molecule has 2 unspecified atom stereocenters. The Balaban J connectivity index is 3.56. The van der Waals surface area contributed by atoms with Gasteiger partial charge in [-0.25, -0.2) is 0 Å². The first-order valence-electron chi connectivity index (χ1n) is 6.39. The summed E-state index contributed by atoms with van der Waals surface area (Å²) in [6.07, 6.45) is 3.48. The summed E-state index contributed by atoms with van der Waals surface area (Å²) in [5.74, 6) is -0.295. The Hall–Kier alpha value is -0.610. The highest BCUT2D eigenvalue weighted by Crippen LogP contribution is 2.12. The second kappa shape index (κ2) is 7.67. The fourth-order valence-corrected chi connectivity index (χ4v) is 1.72. The Labute approximate surface area is 105 Å². The molecule has 102 valence electrons. The number of rotatable bonds is 9. The van der Waals surface area contributed by atoms with Crippen LogP contribution < -0.4 is 5.73 Å². The molecule has 0 spiro atoms. The van der Waals surface area contributed by atoms with Gasteiger partial charge in [-0.15, -0.1) is 0 Å². The van der Waals surface area contributed by atoms with Crippen molar-refractivity contribution in [2.45, 2.75) is 65.0 Å². The van der Waals surface area contributed by atoms with Gasteiger partial charge in [-0.2, -0.15) is 0 Å². The van der Waals surface area contributed by atoms with Gasteiger partial charge in [-0.3, -0.25) is 4.79 Å². The van der Waals surface area contributed by atoms with E-state index in [1.807, 2.05) is 0 Å². The molecular weight excluding hydrogens is 218 g/mol. The molecule has 0 saturated heterocycles. The van der Waals surface area contributed by atoms with Crippen LogP contribution in [-0.2, 0) is 9.53 Å². The lowest BCUT2D eigenvalue weighted by Gasteiger charge is -2.19. The van der Waals surface area contributed by atoms with E-state index < -0.39 is 11.5 Å². The molecule has 0 aliphatic carbocycles. The van der Waals surface area contributed by atoms with Crippen LogP contribution in [0.5, 0.6) is 0 Å². The molecule has 0 rings (SSSR count). The standard InChI is InChI=1S/C13H27NO3/c1-10(2)9-11(3)17-8-6-5-7-13(4,14)12(15)16/h10-11H,5-9,14H2,1-4H3,(H,15,16). The smallest absolute Gasteiger partial charge is 0.323 e. The number of carbonyl (C=O) groups is 1. The average molecular weight is 245 g/mol. The average Bonchev–Trinajstić information content (AvgIpc) is 2.15. The molecule has 4 heteroatoms. The third kappa shape index (κ3) is 8.16. The molecule has 4 nitrogen and oxygen atoms in total. The molecule has 0 heterocycles. The lowest BCUT2D eigenvalue weighted by molar-refractivity contribution is -0.143. The summed E-state index contributed by atoms with van der Waals surface area (Å²) >= 11 is 0. The van der Waals surface area contributed by atoms with Crippen LogP contribution in [0.25, 0.3) is 0 Å². The van der Waals surface area contributed by atoms with Gasteiger partial charge < -0.3 is 15.6 Å². The highest BCUT2D eigenvalue weighted by Gasteiger charge is 2.26. The zero-order chi connectivity index (χ0) is 13.5. The summed E-state index contributed by atoms with van der Waals surface area (Å²) in [5.41, 5.74) is 4.52. The van der Waals surface area contributed by atoms with Crippen LogP contribution in [0.4, 0.5) is 0 Å². The maximum atomic E-state index is 10.8.